The van der Waals surface area contributed by atoms with Gasteiger partial charge in [-0.3, -0.25) is 9.78 Å². The number of nitrogens with zero attached hydrogens (tertiary/aromatic N) is 4. The Labute approximate surface area is 126 Å². The average molecular weight is 342 g/mol. The topological polar surface area (TPSA) is 219 Å². The van der Waals surface area contributed by atoms with Crippen molar-refractivity contribution < 1.29 is 14.4 Å². The van der Waals surface area contributed by atoms with Crippen molar-refractivity contribution in [2.24, 2.45) is 0 Å². The molecule has 0 amide bonds. The van der Waals surface area contributed by atoms with Crippen LogP contribution in [0.1, 0.15) is 0 Å². The monoisotopic (exact) mass is 342 g/mol. The SMILES string of the molecule is Nc1ccn(P(=O)(O)O)c(=O)n1.Nc1nc2nc[nH]c2c(=O)[nH]1. The van der Waals surface area contributed by atoms with Gasteiger partial charge in [0.2, 0.25) is 5.95 Å². The second-order valence-electron chi connectivity index (χ2n) is 4.05. The minimum atomic E-state index is -4.59. The predicted molar refractivity (Wildman–Crippen MR) is 79.3 cm³/mol. The van der Waals surface area contributed by atoms with E-state index in [2.05, 4.69) is 24.9 Å². The van der Waals surface area contributed by atoms with Crippen molar-refractivity contribution in [1.29, 1.82) is 0 Å². The zero-order chi connectivity index (χ0) is 17.2. The number of nitrogens with one attached hydrogen (secondary N) is 2. The first-order valence-corrected chi connectivity index (χ1v) is 7.35. The molecule has 0 atom stereocenters. The van der Waals surface area contributed by atoms with E-state index in [4.69, 9.17) is 21.3 Å². The summed E-state index contributed by atoms with van der Waals surface area (Å²) in [7, 11) is -4.59. The van der Waals surface area contributed by atoms with Gasteiger partial charge in [-0.25, -0.2) is 18.7 Å². The number of imidazole rings is 1. The van der Waals surface area contributed by atoms with Crippen LogP contribution in [0.2, 0.25) is 0 Å². The molecule has 0 fully saturated rings. The molecular weight excluding hydrogens is 331 g/mol. The average Bonchev–Trinajstić information content (AvgIpc) is 2.86. The quantitative estimate of drug-likeness (QED) is 0.267. The highest BCUT2D eigenvalue weighted by atomic mass is 31.2. The molecule has 0 saturated carbocycles. The highest BCUT2D eigenvalue weighted by molar-refractivity contribution is 7.50. The third-order valence-electron chi connectivity index (χ3n) is 2.40. The second-order valence-corrected chi connectivity index (χ2v) is 5.50. The largest absolute Gasteiger partial charge is 0.437 e. The van der Waals surface area contributed by atoms with Gasteiger partial charge in [0.15, 0.2) is 11.2 Å². The van der Waals surface area contributed by atoms with Gasteiger partial charge < -0.3 is 26.2 Å². The van der Waals surface area contributed by atoms with Crippen molar-refractivity contribution in [1.82, 2.24) is 29.3 Å². The summed E-state index contributed by atoms with van der Waals surface area (Å²) in [5.41, 5.74) is 9.68. The Morgan fingerprint density at radius 1 is 1.22 bits per heavy atom. The molecule has 0 aliphatic rings. The van der Waals surface area contributed by atoms with Gasteiger partial charge in [-0.1, -0.05) is 0 Å². The molecule has 14 heteroatoms. The van der Waals surface area contributed by atoms with Gasteiger partial charge in [-0.05, 0) is 6.07 Å². The number of anilines is 2. The zero-order valence-electron chi connectivity index (χ0n) is 11.2. The van der Waals surface area contributed by atoms with Gasteiger partial charge in [0.05, 0.1) is 6.33 Å². The van der Waals surface area contributed by atoms with E-state index >= 15 is 0 Å². The van der Waals surface area contributed by atoms with E-state index in [9.17, 15) is 14.2 Å². The highest BCUT2D eigenvalue weighted by Gasteiger charge is 2.17. The molecule has 8 N–H and O–H groups in total. The molecule has 3 aromatic heterocycles. The predicted octanol–water partition coefficient (Wildman–Crippen LogP) is -2.01. The van der Waals surface area contributed by atoms with Crippen LogP contribution in [-0.4, -0.2) is 39.0 Å². The Bertz CT molecular complexity index is 1000. The van der Waals surface area contributed by atoms with Crippen LogP contribution in [0.4, 0.5) is 11.8 Å². The molecule has 0 unspecified atom stereocenters. The van der Waals surface area contributed by atoms with Crippen LogP contribution in [0.5, 0.6) is 0 Å². The molecule has 3 rings (SSSR count). The van der Waals surface area contributed by atoms with Crippen molar-refractivity contribution in [2.45, 2.75) is 0 Å². The summed E-state index contributed by atoms with van der Waals surface area (Å²) in [4.78, 5) is 54.6. The lowest BCUT2D eigenvalue weighted by Gasteiger charge is -2.04. The number of H-pyrrole nitrogens is 2. The van der Waals surface area contributed by atoms with E-state index in [-0.39, 0.29) is 21.7 Å². The normalized spacial score (nSPS) is 11.0. The number of rotatable bonds is 1. The molecule has 3 heterocycles. The van der Waals surface area contributed by atoms with Gasteiger partial charge in [-0.2, -0.15) is 9.97 Å². The number of aromatic nitrogens is 6. The maximum Gasteiger partial charge on any atom is 0.437 e. The summed E-state index contributed by atoms with van der Waals surface area (Å²) in [6.07, 6.45) is 2.29. The molecule has 0 radical (unpaired) electrons. The fraction of sp³-hybridized carbons (Fsp3) is 0. The summed E-state index contributed by atoms with van der Waals surface area (Å²) in [6, 6.07) is 1.13. The maximum absolute atomic E-state index is 11.0. The van der Waals surface area contributed by atoms with Gasteiger partial charge >= 0.3 is 13.4 Å². The lowest BCUT2D eigenvalue weighted by Crippen LogP contribution is -2.21. The highest BCUT2D eigenvalue weighted by Crippen LogP contribution is 2.33. The number of nitrogen functional groups attached to an aromatic ring is 2. The number of fused-ring (bicyclic) bond motifs is 1. The molecule has 13 nitrogen and oxygen atoms in total. The zero-order valence-corrected chi connectivity index (χ0v) is 12.1. The van der Waals surface area contributed by atoms with Crippen LogP contribution in [-0.2, 0) is 4.57 Å². The van der Waals surface area contributed by atoms with Gasteiger partial charge in [-0.15, -0.1) is 0 Å². The fourth-order valence-electron chi connectivity index (χ4n) is 1.47. The Hall–Kier alpha value is -3.02. The third-order valence-corrected chi connectivity index (χ3v) is 3.27. The lowest BCUT2D eigenvalue weighted by molar-refractivity contribution is 0.358. The van der Waals surface area contributed by atoms with E-state index in [1.54, 1.807) is 0 Å². The van der Waals surface area contributed by atoms with Gasteiger partial charge in [0, 0.05) is 6.20 Å². The Morgan fingerprint density at radius 2 is 1.91 bits per heavy atom. The van der Waals surface area contributed by atoms with Gasteiger partial charge in [0.1, 0.15) is 5.82 Å². The molecule has 0 aliphatic carbocycles. The summed E-state index contributed by atoms with van der Waals surface area (Å²) >= 11 is 0. The van der Waals surface area contributed by atoms with E-state index < -0.39 is 13.4 Å². The second kappa shape index (κ2) is 6.00. The number of hydrogen-bond acceptors (Lipinski definition) is 8. The molecule has 122 valence electrons. The fourth-order valence-corrected chi connectivity index (χ4v) is 1.98. The smallest absolute Gasteiger partial charge is 0.383 e. The molecular formula is C9H11N8O5P. The summed E-state index contributed by atoms with van der Waals surface area (Å²) in [5.74, 6) is -0.000648. The molecule has 0 aromatic carbocycles. The van der Waals surface area contributed by atoms with Gasteiger partial charge in [0.25, 0.3) is 5.56 Å². The van der Waals surface area contributed by atoms with Crippen molar-refractivity contribution in [2.75, 3.05) is 11.5 Å². The maximum atomic E-state index is 11.0. The van der Waals surface area contributed by atoms with Crippen LogP contribution in [0.25, 0.3) is 11.2 Å². The van der Waals surface area contributed by atoms with Crippen molar-refractivity contribution in [3.63, 3.8) is 0 Å². The first-order valence-electron chi connectivity index (χ1n) is 5.79. The van der Waals surface area contributed by atoms with Crippen LogP contribution >= 0.6 is 7.75 Å². The molecule has 0 saturated heterocycles. The third kappa shape index (κ3) is 3.79. The standard InChI is InChI=1S/C5H5N5O.C4H6N3O4P/c6-5-9-3-2(4(11)10-5)7-1-8-3;5-3-1-2-7(4(8)6-3)12(9,10)11/h1H,(H4,6,7,8,9,10,11);1-2H,(H2,5,6,8)(H2,9,10,11). The van der Waals surface area contributed by atoms with Crippen molar-refractivity contribution in [3.05, 3.63) is 39.4 Å². The Morgan fingerprint density at radius 3 is 2.52 bits per heavy atom. The molecule has 0 spiro atoms. The number of aromatic amines is 2. The van der Waals surface area contributed by atoms with Crippen LogP contribution < -0.4 is 22.7 Å². The Kier molecular flexibility index (Phi) is 4.27. The summed E-state index contributed by atoms with van der Waals surface area (Å²) in [6.45, 7) is 0. The first kappa shape index (κ1) is 16.4. The van der Waals surface area contributed by atoms with Crippen LogP contribution in [0.3, 0.4) is 0 Å². The Balaban J connectivity index is 0.000000167. The molecule has 0 aliphatic heterocycles. The lowest BCUT2D eigenvalue weighted by atomic mass is 10.5. The van der Waals surface area contributed by atoms with E-state index in [0.29, 0.717) is 11.2 Å². The van der Waals surface area contributed by atoms with Crippen molar-refractivity contribution in [3.8, 4) is 0 Å². The van der Waals surface area contributed by atoms with E-state index in [1.165, 1.54) is 6.33 Å². The van der Waals surface area contributed by atoms with Crippen LogP contribution in [0.15, 0.2) is 28.2 Å². The summed E-state index contributed by atoms with van der Waals surface area (Å²) in [5, 5.41) is 0. The molecule has 0 bridgehead atoms. The van der Waals surface area contributed by atoms with Crippen LogP contribution in [0, 0.1) is 0 Å². The number of hydrogen-bond donors (Lipinski definition) is 6. The number of nitrogens with two attached hydrogens (primary N) is 2. The minimum Gasteiger partial charge on any atom is -0.383 e. The summed E-state index contributed by atoms with van der Waals surface area (Å²) < 4.78 is 10.8. The van der Waals surface area contributed by atoms with Crippen molar-refractivity contribution >= 4 is 30.7 Å². The molecule has 3 aromatic rings. The minimum absolute atomic E-state index is 0.0783. The van der Waals surface area contributed by atoms with E-state index in [0.717, 1.165) is 12.3 Å². The first-order chi connectivity index (χ1) is 10.7. The van der Waals surface area contributed by atoms with E-state index in [1.807, 2.05) is 0 Å². The molecule has 23 heavy (non-hydrogen) atoms.